The van der Waals surface area contributed by atoms with Gasteiger partial charge in [0.25, 0.3) is 5.56 Å². The van der Waals surface area contributed by atoms with Crippen molar-refractivity contribution < 1.29 is 14.3 Å². The van der Waals surface area contributed by atoms with Crippen LogP contribution in [-0.4, -0.2) is 27.7 Å². The molecule has 0 radical (unpaired) electrons. The van der Waals surface area contributed by atoms with Gasteiger partial charge in [-0.3, -0.25) is 14.3 Å². The van der Waals surface area contributed by atoms with Gasteiger partial charge in [0, 0.05) is 18.2 Å². The zero-order chi connectivity index (χ0) is 18.0. The molecule has 0 bridgehead atoms. The van der Waals surface area contributed by atoms with Gasteiger partial charge in [-0.1, -0.05) is 32.0 Å². The Hall–Kier alpha value is -2.67. The normalized spacial score (nSPS) is 25.7. The molecule has 7 heteroatoms. The summed E-state index contributed by atoms with van der Waals surface area (Å²) in [7, 11) is 0. The zero-order valence-electron chi connectivity index (χ0n) is 14.0. The molecule has 1 saturated heterocycles. The van der Waals surface area contributed by atoms with E-state index in [2.05, 4.69) is 4.98 Å². The zero-order valence-corrected chi connectivity index (χ0v) is 14.0. The second-order valence-corrected chi connectivity index (χ2v) is 6.09. The SMILES string of the molecule is CC[C@H]1O[C@H](n2ccc(=O)[nH]c2=O)[C@@H](OC(=O)c2ccccc2)[C@@H]1C. The fraction of sp³-hybridized carbons (Fsp3) is 0.389. The van der Waals surface area contributed by atoms with Crippen LogP contribution in [0.2, 0.25) is 0 Å². The Kier molecular flexibility index (Phi) is 4.85. The van der Waals surface area contributed by atoms with Gasteiger partial charge in [0.15, 0.2) is 12.3 Å². The predicted molar refractivity (Wildman–Crippen MR) is 90.3 cm³/mol. The quantitative estimate of drug-likeness (QED) is 0.853. The van der Waals surface area contributed by atoms with Crippen LogP contribution >= 0.6 is 0 Å². The lowest BCUT2D eigenvalue weighted by molar-refractivity contribution is -0.0510. The third kappa shape index (κ3) is 3.41. The third-order valence-corrected chi connectivity index (χ3v) is 4.48. The molecule has 0 spiro atoms. The number of nitrogens with one attached hydrogen (secondary N) is 1. The second kappa shape index (κ2) is 7.06. The van der Waals surface area contributed by atoms with Crippen LogP contribution in [0.5, 0.6) is 0 Å². The summed E-state index contributed by atoms with van der Waals surface area (Å²) < 4.78 is 12.9. The molecule has 2 heterocycles. The molecule has 0 aliphatic carbocycles. The summed E-state index contributed by atoms with van der Waals surface area (Å²) in [5, 5.41) is 0. The molecule has 0 saturated carbocycles. The first-order chi connectivity index (χ1) is 12.0. The number of hydrogen-bond donors (Lipinski definition) is 1. The van der Waals surface area contributed by atoms with Crippen LogP contribution < -0.4 is 11.2 Å². The molecule has 1 aromatic heterocycles. The summed E-state index contributed by atoms with van der Waals surface area (Å²) >= 11 is 0. The highest BCUT2D eigenvalue weighted by molar-refractivity contribution is 5.89. The molecule has 25 heavy (non-hydrogen) atoms. The first kappa shape index (κ1) is 17.2. The first-order valence-electron chi connectivity index (χ1n) is 8.24. The topological polar surface area (TPSA) is 90.4 Å². The highest BCUT2D eigenvalue weighted by atomic mass is 16.6. The number of carbonyl (C=O) groups excluding carboxylic acids is 1. The first-order valence-corrected chi connectivity index (χ1v) is 8.24. The standard InChI is InChI=1S/C18H20N2O5/c1-3-13-11(2)15(25-17(22)12-7-5-4-6-8-12)16(24-13)20-10-9-14(21)19-18(20)23/h4-11,13,15-16H,3H2,1-2H3,(H,19,21,23)/t11-,13-,15+,16+/m1/s1. The largest absolute Gasteiger partial charge is 0.454 e. The molecule has 1 aromatic carbocycles. The number of aromatic amines is 1. The number of benzene rings is 1. The Morgan fingerprint density at radius 1 is 1.24 bits per heavy atom. The third-order valence-electron chi connectivity index (χ3n) is 4.48. The van der Waals surface area contributed by atoms with E-state index in [4.69, 9.17) is 9.47 Å². The van der Waals surface area contributed by atoms with Crippen LogP contribution in [0.15, 0.2) is 52.2 Å². The van der Waals surface area contributed by atoms with E-state index < -0.39 is 29.6 Å². The number of H-pyrrole nitrogens is 1. The Morgan fingerprint density at radius 3 is 2.60 bits per heavy atom. The second-order valence-electron chi connectivity index (χ2n) is 6.09. The Labute approximate surface area is 144 Å². The van der Waals surface area contributed by atoms with Gasteiger partial charge >= 0.3 is 11.7 Å². The molecule has 132 valence electrons. The van der Waals surface area contributed by atoms with Crippen LogP contribution in [0, 0.1) is 5.92 Å². The minimum absolute atomic E-state index is 0.0958. The molecule has 7 nitrogen and oxygen atoms in total. The minimum Gasteiger partial charge on any atom is -0.454 e. The van der Waals surface area contributed by atoms with Crippen molar-refractivity contribution in [3.05, 3.63) is 69.0 Å². The summed E-state index contributed by atoms with van der Waals surface area (Å²) in [6, 6.07) is 9.90. The average molecular weight is 344 g/mol. The molecule has 1 aliphatic rings. The maximum atomic E-state index is 12.4. The number of carbonyl (C=O) groups is 1. The van der Waals surface area contributed by atoms with Gasteiger partial charge in [-0.2, -0.15) is 0 Å². The van der Waals surface area contributed by atoms with Gasteiger partial charge in [-0.05, 0) is 18.6 Å². The van der Waals surface area contributed by atoms with Crippen molar-refractivity contribution in [2.24, 2.45) is 5.92 Å². The van der Waals surface area contributed by atoms with E-state index in [1.807, 2.05) is 19.9 Å². The Morgan fingerprint density at radius 2 is 1.96 bits per heavy atom. The van der Waals surface area contributed by atoms with E-state index in [0.29, 0.717) is 5.56 Å². The van der Waals surface area contributed by atoms with Crippen LogP contribution in [0.25, 0.3) is 0 Å². The average Bonchev–Trinajstić information content (AvgIpc) is 2.92. The van der Waals surface area contributed by atoms with Crippen molar-refractivity contribution in [1.82, 2.24) is 9.55 Å². The number of rotatable bonds is 4. The van der Waals surface area contributed by atoms with Gasteiger partial charge in [-0.15, -0.1) is 0 Å². The van der Waals surface area contributed by atoms with Gasteiger partial charge in [-0.25, -0.2) is 9.59 Å². The molecule has 0 amide bonds. The predicted octanol–water partition coefficient (Wildman–Crippen LogP) is 1.71. The van der Waals surface area contributed by atoms with Gasteiger partial charge in [0.2, 0.25) is 0 Å². The summed E-state index contributed by atoms with van der Waals surface area (Å²) in [5.41, 5.74) is -0.651. The molecular weight excluding hydrogens is 324 g/mol. The van der Waals surface area contributed by atoms with Gasteiger partial charge < -0.3 is 9.47 Å². The molecular formula is C18H20N2O5. The molecule has 2 aromatic rings. The highest BCUT2D eigenvalue weighted by Gasteiger charge is 2.45. The van der Waals surface area contributed by atoms with Crippen LogP contribution in [0.1, 0.15) is 36.9 Å². The van der Waals surface area contributed by atoms with Crippen molar-refractivity contribution in [2.75, 3.05) is 0 Å². The fourth-order valence-electron chi connectivity index (χ4n) is 3.10. The molecule has 1 aliphatic heterocycles. The van der Waals surface area contributed by atoms with Crippen LogP contribution in [0.3, 0.4) is 0 Å². The Bertz CT molecular complexity index is 858. The van der Waals surface area contributed by atoms with Crippen molar-refractivity contribution in [3.8, 4) is 0 Å². The molecule has 1 fully saturated rings. The van der Waals surface area contributed by atoms with Gasteiger partial charge in [0.05, 0.1) is 11.7 Å². The van der Waals surface area contributed by atoms with E-state index >= 15 is 0 Å². The van der Waals surface area contributed by atoms with Crippen molar-refractivity contribution in [3.63, 3.8) is 0 Å². The highest BCUT2D eigenvalue weighted by Crippen LogP contribution is 2.37. The smallest absolute Gasteiger partial charge is 0.338 e. The monoisotopic (exact) mass is 344 g/mol. The molecule has 0 unspecified atom stereocenters. The molecule has 1 N–H and O–H groups in total. The molecule has 4 atom stereocenters. The summed E-state index contributed by atoms with van der Waals surface area (Å²) in [4.78, 5) is 38.0. The van der Waals surface area contributed by atoms with E-state index in [9.17, 15) is 14.4 Å². The van der Waals surface area contributed by atoms with Crippen molar-refractivity contribution >= 4 is 5.97 Å². The lowest BCUT2D eigenvalue weighted by Gasteiger charge is -2.22. The van der Waals surface area contributed by atoms with E-state index in [-0.39, 0.29) is 12.0 Å². The maximum absolute atomic E-state index is 12.4. The van der Waals surface area contributed by atoms with E-state index in [1.54, 1.807) is 24.3 Å². The fourth-order valence-corrected chi connectivity index (χ4v) is 3.10. The lowest BCUT2D eigenvalue weighted by atomic mass is 9.98. The lowest BCUT2D eigenvalue weighted by Crippen LogP contribution is -2.37. The van der Waals surface area contributed by atoms with Crippen LogP contribution in [-0.2, 0) is 9.47 Å². The van der Waals surface area contributed by atoms with Crippen molar-refractivity contribution in [2.45, 2.75) is 38.7 Å². The minimum atomic E-state index is -0.781. The summed E-state index contributed by atoms with van der Waals surface area (Å²) in [6.45, 7) is 3.89. The number of esters is 1. The van der Waals surface area contributed by atoms with Crippen molar-refractivity contribution in [1.29, 1.82) is 0 Å². The molecule has 3 rings (SSSR count). The number of aromatic nitrogens is 2. The summed E-state index contributed by atoms with van der Waals surface area (Å²) in [6.07, 6.45) is 0.505. The number of ether oxygens (including phenoxy) is 2. The Balaban J connectivity index is 1.91. The number of hydrogen-bond acceptors (Lipinski definition) is 5. The number of nitrogens with zero attached hydrogens (tertiary/aromatic N) is 1. The van der Waals surface area contributed by atoms with Gasteiger partial charge in [0.1, 0.15) is 0 Å². The summed E-state index contributed by atoms with van der Waals surface area (Å²) in [5.74, 6) is -0.568. The van der Waals surface area contributed by atoms with Crippen LogP contribution in [0.4, 0.5) is 0 Å². The van der Waals surface area contributed by atoms with E-state index in [0.717, 1.165) is 6.42 Å². The van der Waals surface area contributed by atoms with E-state index in [1.165, 1.54) is 16.8 Å². The maximum Gasteiger partial charge on any atom is 0.338 e.